The Bertz CT molecular complexity index is 108. The third-order valence-corrected chi connectivity index (χ3v) is 2.67. The van der Waals surface area contributed by atoms with Gasteiger partial charge in [0.25, 0.3) is 0 Å². The van der Waals surface area contributed by atoms with E-state index in [-0.39, 0.29) is 0 Å². The summed E-state index contributed by atoms with van der Waals surface area (Å²) >= 11 is 0. The minimum absolute atomic E-state index is 0.371. The molecular weight excluding hydrogens is 148 g/mol. The standard InChI is InChI=1S/C10H22N2/c1-9(11)4-3-7-12-8-10-5-2-6-10/h9-10,12H,2-8,11H2,1H3. The fourth-order valence-corrected chi connectivity index (χ4v) is 1.55. The van der Waals surface area contributed by atoms with E-state index in [2.05, 4.69) is 12.2 Å². The van der Waals surface area contributed by atoms with Crippen LogP contribution in [-0.2, 0) is 0 Å². The molecule has 1 atom stereocenters. The average Bonchev–Trinajstić information content (AvgIpc) is 1.92. The first-order chi connectivity index (χ1) is 5.79. The van der Waals surface area contributed by atoms with E-state index >= 15 is 0 Å². The van der Waals surface area contributed by atoms with Gasteiger partial charge in [0.15, 0.2) is 0 Å². The molecule has 1 saturated carbocycles. The molecule has 0 radical (unpaired) electrons. The molecule has 0 saturated heterocycles. The molecule has 72 valence electrons. The summed E-state index contributed by atoms with van der Waals surface area (Å²) < 4.78 is 0. The Morgan fingerprint density at radius 2 is 2.25 bits per heavy atom. The molecule has 0 aromatic carbocycles. The molecule has 0 heterocycles. The first-order valence-corrected chi connectivity index (χ1v) is 5.25. The molecule has 1 rings (SSSR count). The van der Waals surface area contributed by atoms with Gasteiger partial charge < -0.3 is 11.1 Å². The molecule has 12 heavy (non-hydrogen) atoms. The van der Waals surface area contributed by atoms with Crippen LogP contribution in [0.25, 0.3) is 0 Å². The van der Waals surface area contributed by atoms with Gasteiger partial charge in [0.05, 0.1) is 0 Å². The van der Waals surface area contributed by atoms with Crippen molar-refractivity contribution >= 4 is 0 Å². The normalized spacial score (nSPS) is 20.5. The van der Waals surface area contributed by atoms with E-state index in [9.17, 15) is 0 Å². The maximum atomic E-state index is 5.64. The smallest absolute Gasteiger partial charge is 0.00109 e. The molecule has 0 spiro atoms. The summed E-state index contributed by atoms with van der Waals surface area (Å²) in [6, 6.07) is 0.371. The fourth-order valence-electron chi connectivity index (χ4n) is 1.55. The zero-order valence-corrected chi connectivity index (χ0v) is 8.18. The lowest BCUT2D eigenvalue weighted by molar-refractivity contribution is 0.301. The quantitative estimate of drug-likeness (QED) is 0.593. The summed E-state index contributed by atoms with van der Waals surface area (Å²) in [7, 11) is 0. The Labute approximate surface area is 75.9 Å². The zero-order chi connectivity index (χ0) is 8.81. The van der Waals surface area contributed by atoms with Gasteiger partial charge in [0, 0.05) is 6.04 Å². The van der Waals surface area contributed by atoms with Crippen LogP contribution in [0.5, 0.6) is 0 Å². The molecule has 0 aromatic heterocycles. The van der Waals surface area contributed by atoms with Crippen molar-refractivity contribution < 1.29 is 0 Å². The first-order valence-electron chi connectivity index (χ1n) is 5.25. The summed E-state index contributed by atoms with van der Waals surface area (Å²) in [5.74, 6) is 0.986. The van der Waals surface area contributed by atoms with E-state index in [1.165, 1.54) is 32.2 Å². The fraction of sp³-hybridized carbons (Fsp3) is 1.00. The average molecular weight is 170 g/mol. The van der Waals surface area contributed by atoms with Crippen molar-refractivity contribution in [1.29, 1.82) is 0 Å². The molecule has 0 aliphatic heterocycles. The molecule has 1 unspecified atom stereocenters. The zero-order valence-electron chi connectivity index (χ0n) is 8.18. The largest absolute Gasteiger partial charge is 0.328 e. The number of hydrogen-bond acceptors (Lipinski definition) is 2. The van der Waals surface area contributed by atoms with Crippen LogP contribution in [0.4, 0.5) is 0 Å². The second-order valence-corrected chi connectivity index (χ2v) is 4.12. The van der Waals surface area contributed by atoms with E-state index < -0.39 is 0 Å². The van der Waals surface area contributed by atoms with Crippen molar-refractivity contribution in [2.75, 3.05) is 13.1 Å². The first kappa shape index (κ1) is 10.0. The van der Waals surface area contributed by atoms with Gasteiger partial charge in [-0.1, -0.05) is 6.42 Å². The van der Waals surface area contributed by atoms with Crippen LogP contribution in [0.3, 0.4) is 0 Å². The van der Waals surface area contributed by atoms with Crippen molar-refractivity contribution in [1.82, 2.24) is 5.32 Å². The highest BCUT2D eigenvalue weighted by Crippen LogP contribution is 2.24. The lowest BCUT2D eigenvalue weighted by Crippen LogP contribution is -2.28. The lowest BCUT2D eigenvalue weighted by atomic mass is 9.85. The molecule has 0 bridgehead atoms. The van der Waals surface area contributed by atoms with Crippen molar-refractivity contribution in [3.05, 3.63) is 0 Å². The molecule has 1 fully saturated rings. The monoisotopic (exact) mass is 170 g/mol. The highest BCUT2D eigenvalue weighted by Gasteiger charge is 2.15. The molecule has 1 aliphatic rings. The summed E-state index contributed by atoms with van der Waals surface area (Å²) in [5, 5.41) is 3.49. The van der Waals surface area contributed by atoms with Gasteiger partial charge in [-0.15, -0.1) is 0 Å². The SMILES string of the molecule is CC(N)CCCNCC1CCC1. The Morgan fingerprint density at radius 1 is 1.50 bits per heavy atom. The molecule has 1 aliphatic carbocycles. The van der Waals surface area contributed by atoms with Crippen LogP contribution in [-0.4, -0.2) is 19.1 Å². The molecule has 2 nitrogen and oxygen atoms in total. The predicted octanol–water partition coefficient (Wildman–Crippen LogP) is 1.50. The van der Waals surface area contributed by atoms with Gasteiger partial charge >= 0.3 is 0 Å². The number of nitrogens with two attached hydrogens (primary N) is 1. The topological polar surface area (TPSA) is 38.0 Å². The van der Waals surface area contributed by atoms with Crippen LogP contribution >= 0.6 is 0 Å². The summed E-state index contributed by atoms with van der Waals surface area (Å²) in [6.07, 6.45) is 6.72. The second kappa shape index (κ2) is 5.55. The Balaban J connectivity index is 1.76. The third kappa shape index (κ3) is 4.07. The molecule has 2 heteroatoms. The van der Waals surface area contributed by atoms with Gasteiger partial charge in [-0.25, -0.2) is 0 Å². The molecule has 0 amide bonds. The maximum absolute atomic E-state index is 5.64. The number of hydrogen-bond donors (Lipinski definition) is 2. The number of rotatable bonds is 6. The van der Waals surface area contributed by atoms with Crippen molar-refractivity contribution in [3.8, 4) is 0 Å². The minimum atomic E-state index is 0.371. The van der Waals surface area contributed by atoms with E-state index in [4.69, 9.17) is 5.73 Å². The Kier molecular flexibility index (Phi) is 4.62. The van der Waals surface area contributed by atoms with Gasteiger partial charge in [-0.05, 0) is 51.6 Å². The highest BCUT2D eigenvalue weighted by molar-refractivity contribution is 4.71. The maximum Gasteiger partial charge on any atom is 0.00109 e. The Hall–Kier alpha value is -0.0800. The van der Waals surface area contributed by atoms with Gasteiger partial charge in [-0.2, -0.15) is 0 Å². The van der Waals surface area contributed by atoms with Crippen molar-refractivity contribution in [3.63, 3.8) is 0 Å². The Morgan fingerprint density at radius 3 is 2.75 bits per heavy atom. The van der Waals surface area contributed by atoms with Crippen LogP contribution in [0.15, 0.2) is 0 Å². The van der Waals surface area contributed by atoms with E-state index in [1.54, 1.807) is 0 Å². The summed E-state index contributed by atoms with van der Waals surface area (Å²) in [5.41, 5.74) is 5.64. The third-order valence-electron chi connectivity index (χ3n) is 2.67. The summed E-state index contributed by atoms with van der Waals surface area (Å²) in [4.78, 5) is 0. The number of nitrogens with one attached hydrogen (secondary N) is 1. The van der Waals surface area contributed by atoms with Crippen LogP contribution in [0.2, 0.25) is 0 Å². The van der Waals surface area contributed by atoms with Gasteiger partial charge in [-0.3, -0.25) is 0 Å². The summed E-state index contributed by atoms with van der Waals surface area (Å²) in [6.45, 7) is 4.46. The van der Waals surface area contributed by atoms with E-state index in [0.29, 0.717) is 6.04 Å². The molecule has 0 aromatic rings. The molecule has 3 N–H and O–H groups in total. The van der Waals surface area contributed by atoms with Crippen LogP contribution < -0.4 is 11.1 Å². The highest BCUT2D eigenvalue weighted by atomic mass is 14.9. The van der Waals surface area contributed by atoms with Gasteiger partial charge in [0.1, 0.15) is 0 Å². The van der Waals surface area contributed by atoms with Gasteiger partial charge in [0.2, 0.25) is 0 Å². The predicted molar refractivity (Wildman–Crippen MR) is 53.1 cm³/mol. The lowest BCUT2D eigenvalue weighted by Gasteiger charge is -2.25. The minimum Gasteiger partial charge on any atom is -0.328 e. The van der Waals surface area contributed by atoms with E-state index in [1.807, 2.05) is 0 Å². The van der Waals surface area contributed by atoms with Crippen LogP contribution in [0, 0.1) is 5.92 Å². The molecular formula is C10H22N2. The van der Waals surface area contributed by atoms with E-state index in [0.717, 1.165) is 18.9 Å². The second-order valence-electron chi connectivity index (χ2n) is 4.12. The van der Waals surface area contributed by atoms with Crippen molar-refractivity contribution in [2.45, 2.75) is 45.1 Å². The van der Waals surface area contributed by atoms with Crippen molar-refractivity contribution in [2.24, 2.45) is 11.7 Å². The van der Waals surface area contributed by atoms with Crippen LogP contribution in [0.1, 0.15) is 39.0 Å².